The summed E-state index contributed by atoms with van der Waals surface area (Å²) in [6, 6.07) is 7.26. The maximum Gasteiger partial charge on any atom is 0.0720 e. The summed E-state index contributed by atoms with van der Waals surface area (Å²) in [5.74, 6) is 0. The minimum Gasteiger partial charge on any atom is -0.392 e. The number of aliphatic hydroxyl groups excluding tert-OH is 1. The highest BCUT2D eigenvalue weighted by Crippen LogP contribution is 2.20. The first kappa shape index (κ1) is 8.48. The summed E-state index contributed by atoms with van der Waals surface area (Å²) in [5, 5.41) is 10.7. The third kappa shape index (κ3) is 1.50. The van der Waals surface area contributed by atoms with Crippen LogP contribution < -0.4 is 0 Å². The Balaban J connectivity index is 2.77. The number of benzene rings is 1. The van der Waals surface area contributed by atoms with Crippen LogP contribution in [0.2, 0.25) is 5.02 Å². The van der Waals surface area contributed by atoms with E-state index >= 15 is 0 Å². The van der Waals surface area contributed by atoms with Crippen LogP contribution in [0, 0.1) is 0 Å². The molecule has 1 aromatic carbocycles. The Kier molecular flexibility index (Phi) is 2.17. The fourth-order valence-corrected chi connectivity index (χ4v) is 1.48. The van der Waals surface area contributed by atoms with Gasteiger partial charge in [-0.2, -0.15) is 0 Å². The second-order valence-corrected chi connectivity index (χ2v) is 3.23. The molecule has 2 nitrogen and oxygen atoms in total. The largest absolute Gasteiger partial charge is 0.392 e. The molecule has 0 saturated heterocycles. The van der Waals surface area contributed by atoms with Crippen LogP contribution in [0.4, 0.5) is 0 Å². The summed E-state index contributed by atoms with van der Waals surface area (Å²) in [7, 11) is 0. The summed E-state index contributed by atoms with van der Waals surface area (Å²) in [6.45, 7) is 0.0284. The molecule has 1 N–H and O–H groups in total. The topological polar surface area (TPSA) is 33.1 Å². The standard InChI is InChI=1S/C10H8ClNO/c11-8-1-2-9-7(6-13)3-4-12-10(9)5-8/h1-5,13H,6H2. The highest BCUT2D eigenvalue weighted by atomic mass is 35.5. The molecule has 0 saturated carbocycles. The maximum atomic E-state index is 9.04. The van der Waals surface area contributed by atoms with Crippen molar-refractivity contribution in [2.75, 3.05) is 0 Å². The van der Waals surface area contributed by atoms with Crippen LogP contribution in [-0.2, 0) is 6.61 Å². The molecule has 0 amide bonds. The molecule has 0 atom stereocenters. The van der Waals surface area contributed by atoms with Crippen LogP contribution in [0.25, 0.3) is 10.9 Å². The SMILES string of the molecule is OCc1ccnc2cc(Cl)ccc12. The van der Waals surface area contributed by atoms with E-state index in [-0.39, 0.29) is 6.61 Å². The molecule has 2 rings (SSSR count). The number of nitrogens with zero attached hydrogens (tertiary/aromatic N) is 1. The fourth-order valence-electron chi connectivity index (χ4n) is 1.32. The van der Waals surface area contributed by atoms with Crippen LogP contribution in [0.5, 0.6) is 0 Å². The third-order valence-corrected chi connectivity index (χ3v) is 2.20. The first-order valence-corrected chi connectivity index (χ1v) is 4.33. The van der Waals surface area contributed by atoms with Crippen LogP contribution in [0.15, 0.2) is 30.5 Å². The molecule has 3 heteroatoms. The molecule has 0 aliphatic carbocycles. The first-order valence-electron chi connectivity index (χ1n) is 3.95. The molecular weight excluding hydrogens is 186 g/mol. The van der Waals surface area contributed by atoms with Crippen molar-refractivity contribution in [2.45, 2.75) is 6.61 Å². The number of rotatable bonds is 1. The zero-order valence-electron chi connectivity index (χ0n) is 6.87. The molecule has 0 bridgehead atoms. The lowest BCUT2D eigenvalue weighted by Gasteiger charge is -2.02. The predicted molar refractivity (Wildman–Crippen MR) is 52.7 cm³/mol. The average Bonchev–Trinajstić information content (AvgIpc) is 2.16. The summed E-state index contributed by atoms with van der Waals surface area (Å²) < 4.78 is 0. The van der Waals surface area contributed by atoms with Gasteiger partial charge >= 0.3 is 0 Å². The monoisotopic (exact) mass is 193 g/mol. The summed E-state index contributed by atoms with van der Waals surface area (Å²) in [5.41, 5.74) is 1.70. The van der Waals surface area contributed by atoms with Gasteiger partial charge in [0.05, 0.1) is 12.1 Å². The third-order valence-electron chi connectivity index (χ3n) is 1.97. The molecule has 0 spiro atoms. The number of halogens is 1. The molecule has 0 aliphatic heterocycles. The Labute approximate surface area is 80.8 Å². The van der Waals surface area contributed by atoms with Crippen LogP contribution in [0.3, 0.4) is 0 Å². The molecule has 66 valence electrons. The van der Waals surface area contributed by atoms with Gasteiger partial charge in [-0.25, -0.2) is 0 Å². The predicted octanol–water partition coefficient (Wildman–Crippen LogP) is 2.38. The maximum absolute atomic E-state index is 9.04. The molecule has 0 fully saturated rings. The highest BCUT2D eigenvalue weighted by molar-refractivity contribution is 6.31. The molecule has 0 unspecified atom stereocenters. The summed E-state index contributed by atoms with van der Waals surface area (Å²) >= 11 is 5.81. The summed E-state index contributed by atoms with van der Waals surface area (Å²) in [6.07, 6.45) is 1.67. The van der Waals surface area contributed by atoms with Crippen molar-refractivity contribution in [2.24, 2.45) is 0 Å². The van der Waals surface area contributed by atoms with Gasteiger partial charge < -0.3 is 5.11 Å². The quantitative estimate of drug-likeness (QED) is 0.755. The van der Waals surface area contributed by atoms with Crippen molar-refractivity contribution < 1.29 is 5.11 Å². The molecule has 13 heavy (non-hydrogen) atoms. The lowest BCUT2D eigenvalue weighted by Crippen LogP contribution is -1.87. The normalized spacial score (nSPS) is 10.6. The molecular formula is C10H8ClNO. The van der Waals surface area contributed by atoms with Crippen molar-refractivity contribution in [3.8, 4) is 0 Å². The van der Waals surface area contributed by atoms with Gasteiger partial charge in [0.2, 0.25) is 0 Å². The molecule has 1 heterocycles. The Bertz CT molecular complexity index is 442. The van der Waals surface area contributed by atoms with Gasteiger partial charge in [0.15, 0.2) is 0 Å². The van der Waals surface area contributed by atoms with Gasteiger partial charge in [0.1, 0.15) is 0 Å². The summed E-state index contributed by atoms with van der Waals surface area (Å²) in [4.78, 5) is 4.16. The minimum atomic E-state index is 0.0284. The number of aromatic nitrogens is 1. The van der Waals surface area contributed by atoms with E-state index in [1.54, 1.807) is 24.4 Å². The second-order valence-electron chi connectivity index (χ2n) is 2.79. The van der Waals surface area contributed by atoms with Crippen molar-refractivity contribution in [1.82, 2.24) is 4.98 Å². The average molecular weight is 194 g/mol. The van der Waals surface area contributed by atoms with E-state index in [1.807, 2.05) is 6.07 Å². The van der Waals surface area contributed by atoms with Crippen LogP contribution in [-0.4, -0.2) is 10.1 Å². The Morgan fingerprint density at radius 2 is 2.15 bits per heavy atom. The van der Waals surface area contributed by atoms with E-state index < -0.39 is 0 Å². The zero-order chi connectivity index (χ0) is 9.26. The van der Waals surface area contributed by atoms with Crippen molar-refractivity contribution in [3.63, 3.8) is 0 Å². The highest BCUT2D eigenvalue weighted by Gasteiger charge is 2.00. The van der Waals surface area contributed by atoms with E-state index in [1.165, 1.54) is 0 Å². The van der Waals surface area contributed by atoms with E-state index in [2.05, 4.69) is 4.98 Å². The van der Waals surface area contributed by atoms with Crippen molar-refractivity contribution >= 4 is 22.5 Å². The molecule has 0 radical (unpaired) electrons. The van der Waals surface area contributed by atoms with Gasteiger partial charge in [0.25, 0.3) is 0 Å². The van der Waals surface area contributed by atoms with Crippen molar-refractivity contribution in [1.29, 1.82) is 0 Å². The number of hydrogen-bond donors (Lipinski definition) is 1. The smallest absolute Gasteiger partial charge is 0.0720 e. The van der Waals surface area contributed by atoms with Gasteiger partial charge in [-0.1, -0.05) is 17.7 Å². The van der Waals surface area contributed by atoms with Gasteiger partial charge in [-0.15, -0.1) is 0 Å². The number of hydrogen-bond acceptors (Lipinski definition) is 2. The van der Waals surface area contributed by atoms with Gasteiger partial charge in [-0.3, -0.25) is 4.98 Å². The Hall–Kier alpha value is -1.12. The van der Waals surface area contributed by atoms with Crippen LogP contribution >= 0.6 is 11.6 Å². The van der Waals surface area contributed by atoms with Gasteiger partial charge in [0, 0.05) is 16.6 Å². The van der Waals surface area contributed by atoms with E-state index in [4.69, 9.17) is 16.7 Å². The molecule has 1 aromatic heterocycles. The lowest BCUT2D eigenvalue weighted by molar-refractivity contribution is 0.283. The van der Waals surface area contributed by atoms with E-state index in [0.29, 0.717) is 5.02 Å². The molecule has 0 aliphatic rings. The zero-order valence-corrected chi connectivity index (χ0v) is 7.62. The van der Waals surface area contributed by atoms with Crippen molar-refractivity contribution in [3.05, 3.63) is 41.0 Å². The van der Waals surface area contributed by atoms with E-state index in [9.17, 15) is 0 Å². The number of pyridine rings is 1. The Morgan fingerprint density at radius 3 is 2.92 bits per heavy atom. The van der Waals surface area contributed by atoms with E-state index in [0.717, 1.165) is 16.5 Å². The number of aliphatic hydroxyl groups is 1. The molecule has 2 aromatic rings. The lowest BCUT2D eigenvalue weighted by atomic mass is 10.1. The second kappa shape index (κ2) is 3.32. The minimum absolute atomic E-state index is 0.0284. The van der Waals surface area contributed by atoms with Gasteiger partial charge in [-0.05, 0) is 23.8 Å². The number of fused-ring (bicyclic) bond motifs is 1. The fraction of sp³-hybridized carbons (Fsp3) is 0.100. The first-order chi connectivity index (χ1) is 6.31. The van der Waals surface area contributed by atoms with Crippen LogP contribution in [0.1, 0.15) is 5.56 Å². The Morgan fingerprint density at radius 1 is 1.31 bits per heavy atom.